The summed E-state index contributed by atoms with van der Waals surface area (Å²) < 4.78 is 42.9. The van der Waals surface area contributed by atoms with Crippen molar-refractivity contribution < 1.29 is 17.6 Å². The summed E-state index contributed by atoms with van der Waals surface area (Å²) in [6.07, 6.45) is 0.185. The van der Waals surface area contributed by atoms with Gasteiger partial charge in [-0.05, 0) is 59.9 Å². The number of carbonyl (C=O) groups excluding carboxylic acids is 1. The van der Waals surface area contributed by atoms with Crippen LogP contribution in [-0.2, 0) is 21.4 Å². The van der Waals surface area contributed by atoms with Gasteiger partial charge < -0.3 is 0 Å². The van der Waals surface area contributed by atoms with E-state index in [1.165, 1.54) is 25.2 Å². The van der Waals surface area contributed by atoms with Crippen LogP contribution in [0, 0.1) is 12.7 Å². The molecule has 0 radical (unpaired) electrons. The van der Waals surface area contributed by atoms with Crippen LogP contribution in [0.25, 0.3) is 11.1 Å². The maximum absolute atomic E-state index is 13.5. The third-order valence-corrected chi connectivity index (χ3v) is 8.22. The molecular formula is C25H23Cl2FN2O3S. The van der Waals surface area contributed by atoms with Gasteiger partial charge in [0, 0.05) is 30.1 Å². The molecule has 1 heterocycles. The molecule has 0 bridgehead atoms. The first kappa shape index (κ1) is 24.8. The Balaban J connectivity index is 1.62. The van der Waals surface area contributed by atoms with E-state index in [4.69, 9.17) is 23.2 Å². The number of nitrogens with zero attached hydrogens (tertiary/aromatic N) is 1. The topological polar surface area (TPSA) is 66.5 Å². The number of likely N-dealkylation sites (N-methyl/N-ethyl adjacent to an activating group) is 1. The molecule has 0 unspecified atom stereocenters. The summed E-state index contributed by atoms with van der Waals surface area (Å²) in [5, 5.41) is 0.521. The fourth-order valence-electron chi connectivity index (χ4n) is 4.13. The normalized spacial score (nSPS) is 20.3. The Labute approximate surface area is 208 Å². The molecule has 9 heteroatoms. The number of halogens is 3. The highest BCUT2D eigenvalue weighted by molar-refractivity contribution is 7.87. The molecule has 3 aromatic carbocycles. The van der Waals surface area contributed by atoms with Gasteiger partial charge in [-0.1, -0.05) is 59.6 Å². The summed E-state index contributed by atoms with van der Waals surface area (Å²) in [6, 6.07) is 15.8. The van der Waals surface area contributed by atoms with Crippen molar-refractivity contribution in [2.24, 2.45) is 0 Å². The Morgan fingerprint density at radius 2 is 1.85 bits per heavy atom. The van der Waals surface area contributed by atoms with Crippen LogP contribution in [0.3, 0.4) is 0 Å². The average Bonchev–Trinajstić information content (AvgIpc) is 2.78. The van der Waals surface area contributed by atoms with Gasteiger partial charge in [-0.3, -0.25) is 4.79 Å². The van der Waals surface area contributed by atoms with Crippen molar-refractivity contribution in [3.63, 3.8) is 0 Å². The van der Waals surface area contributed by atoms with Crippen LogP contribution in [0.1, 0.15) is 29.2 Å². The summed E-state index contributed by atoms with van der Waals surface area (Å²) in [6.45, 7) is 1.95. The van der Waals surface area contributed by atoms with Gasteiger partial charge in [-0.15, -0.1) is 0 Å². The second-order valence-electron chi connectivity index (χ2n) is 8.44. The first-order valence-corrected chi connectivity index (χ1v) is 12.8. The highest BCUT2D eigenvalue weighted by Crippen LogP contribution is 2.34. The Morgan fingerprint density at radius 3 is 2.56 bits per heavy atom. The predicted octanol–water partition coefficient (Wildman–Crippen LogP) is 5.50. The van der Waals surface area contributed by atoms with Gasteiger partial charge in [0.1, 0.15) is 5.82 Å². The second-order valence-corrected chi connectivity index (χ2v) is 11.0. The summed E-state index contributed by atoms with van der Waals surface area (Å²) >= 11 is 12.3. The summed E-state index contributed by atoms with van der Waals surface area (Å²) in [4.78, 5) is 13.1. The van der Waals surface area contributed by atoms with Crippen LogP contribution < -0.4 is 4.72 Å². The number of ketones is 1. The van der Waals surface area contributed by atoms with Gasteiger partial charge in [0.2, 0.25) is 0 Å². The standard InChI is InChI=1S/C25H23Cl2FN2O3S/c1-15-6-8-19(20(26)10-15)17-4-3-5-18(13-17)23-14-24(30(2)34(32,33)29-23)25(31)12-16-7-9-22(28)21(27)11-16/h3-11,13,23-24,29H,12,14H2,1-2H3/t23-,24+/m0/s1. The fraction of sp³-hybridized carbons (Fsp3) is 0.240. The zero-order valence-electron chi connectivity index (χ0n) is 18.6. The Kier molecular flexibility index (Phi) is 7.12. The SMILES string of the molecule is Cc1ccc(-c2cccc([C@@H]3C[C@H](C(=O)Cc4ccc(F)c(Cl)c4)N(C)S(=O)(=O)N3)c2)c(Cl)c1. The third kappa shape index (κ3) is 5.19. The lowest BCUT2D eigenvalue weighted by Gasteiger charge is -2.36. The number of Topliss-reactive ketones (excluding diaryl/α,β-unsaturated/α-hetero) is 1. The van der Waals surface area contributed by atoms with Crippen molar-refractivity contribution in [3.05, 3.63) is 93.2 Å². The van der Waals surface area contributed by atoms with Crippen LogP contribution in [0.5, 0.6) is 0 Å². The molecule has 3 aromatic rings. The monoisotopic (exact) mass is 520 g/mol. The number of nitrogens with one attached hydrogen (secondary N) is 1. The van der Waals surface area contributed by atoms with E-state index in [0.717, 1.165) is 26.6 Å². The van der Waals surface area contributed by atoms with E-state index in [2.05, 4.69) is 4.72 Å². The zero-order valence-corrected chi connectivity index (χ0v) is 20.9. The molecule has 34 heavy (non-hydrogen) atoms. The Hall–Kier alpha value is -2.29. The molecule has 0 aromatic heterocycles. The molecule has 5 nitrogen and oxygen atoms in total. The van der Waals surface area contributed by atoms with Crippen molar-refractivity contribution in [2.45, 2.75) is 31.8 Å². The molecular weight excluding hydrogens is 498 g/mol. The average molecular weight is 521 g/mol. The molecule has 1 aliphatic rings. The van der Waals surface area contributed by atoms with E-state index in [1.54, 1.807) is 0 Å². The van der Waals surface area contributed by atoms with E-state index in [9.17, 15) is 17.6 Å². The van der Waals surface area contributed by atoms with Crippen LogP contribution >= 0.6 is 23.2 Å². The van der Waals surface area contributed by atoms with Gasteiger partial charge in [-0.25, -0.2) is 4.39 Å². The zero-order chi connectivity index (χ0) is 24.6. The second kappa shape index (κ2) is 9.76. The van der Waals surface area contributed by atoms with Crippen molar-refractivity contribution in [1.29, 1.82) is 0 Å². The summed E-state index contributed by atoms with van der Waals surface area (Å²) in [7, 11) is -2.52. The number of carbonyl (C=O) groups is 1. The molecule has 0 spiro atoms. The number of rotatable bonds is 5. The van der Waals surface area contributed by atoms with Crippen LogP contribution in [0.15, 0.2) is 60.7 Å². The first-order chi connectivity index (χ1) is 16.0. The molecule has 0 saturated carbocycles. The minimum atomic E-state index is -3.90. The maximum atomic E-state index is 13.5. The molecule has 0 aliphatic carbocycles. The van der Waals surface area contributed by atoms with Crippen LogP contribution in [-0.4, -0.2) is 31.6 Å². The predicted molar refractivity (Wildman–Crippen MR) is 133 cm³/mol. The quantitative estimate of drug-likeness (QED) is 0.482. The largest absolute Gasteiger partial charge is 0.298 e. The molecule has 1 aliphatic heterocycles. The van der Waals surface area contributed by atoms with Crippen molar-refractivity contribution in [1.82, 2.24) is 9.03 Å². The van der Waals surface area contributed by atoms with Gasteiger partial charge in [0.05, 0.1) is 11.1 Å². The number of hydrogen-bond acceptors (Lipinski definition) is 3. The molecule has 2 atom stereocenters. The Morgan fingerprint density at radius 1 is 1.09 bits per heavy atom. The van der Waals surface area contributed by atoms with Gasteiger partial charge >= 0.3 is 0 Å². The molecule has 1 fully saturated rings. The smallest absolute Gasteiger partial charge is 0.280 e. The number of hydrogen-bond donors (Lipinski definition) is 1. The lowest BCUT2D eigenvalue weighted by Crippen LogP contribution is -2.55. The van der Waals surface area contributed by atoms with Gasteiger partial charge in [0.25, 0.3) is 10.2 Å². The number of aryl methyl sites for hydroxylation is 1. The van der Waals surface area contributed by atoms with E-state index in [0.29, 0.717) is 10.6 Å². The van der Waals surface area contributed by atoms with Crippen molar-refractivity contribution in [2.75, 3.05) is 7.05 Å². The van der Waals surface area contributed by atoms with E-state index in [1.807, 2.05) is 49.4 Å². The number of benzene rings is 3. The summed E-state index contributed by atoms with van der Waals surface area (Å²) in [5.74, 6) is -0.869. The molecule has 4 rings (SSSR count). The van der Waals surface area contributed by atoms with Crippen LogP contribution in [0.2, 0.25) is 10.0 Å². The molecule has 1 N–H and O–H groups in total. The highest BCUT2D eigenvalue weighted by Gasteiger charge is 2.40. The fourth-order valence-corrected chi connectivity index (χ4v) is 5.98. The lowest BCUT2D eigenvalue weighted by molar-refractivity contribution is -0.122. The van der Waals surface area contributed by atoms with Gasteiger partial charge in [0.15, 0.2) is 5.78 Å². The van der Waals surface area contributed by atoms with Crippen molar-refractivity contribution in [3.8, 4) is 11.1 Å². The van der Waals surface area contributed by atoms with E-state index >= 15 is 0 Å². The molecule has 1 saturated heterocycles. The first-order valence-electron chi connectivity index (χ1n) is 10.6. The minimum absolute atomic E-state index is 0.0593. The summed E-state index contributed by atoms with van der Waals surface area (Å²) in [5.41, 5.74) is 3.98. The van der Waals surface area contributed by atoms with E-state index < -0.39 is 28.1 Å². The maximum Gasteiger partial charge on any atom is 0.280 e. The van der Waals surface area contributed by atoms with Gasteiger partial charge in [-0.2, -0.15) is 17.4 Å². The minimum Gasteiger partial charge on any atom is -0.298 e. The Bertz CT molecular complexity index is 1360. The molecule has 0 amide bonds. The van der Waals surface area contributed by atoms with Crippen molar-refractivity contribution >= 4 is 39.2 Å². The third-order valence-electron chi connectivity index (χ3n) is 6.03. The van der Waals surface area contributed by atoms with E-state index in [-0.39, 0.29) is 23.6 Å². The van der Waals surface area contributed by atoms with Crippen LogP contribution in [0.4, 0.5) is 4.39 Å². The lowest BCUT2D eigenvalue weighted by atomic mass is 9.93. The highest BCUT2D eigenvalue weighted by atomic mass is 35.5. The molecule has 178 valence electrons.